The maximum atomic E-state index is 13.4. The lowest BCUT2D eigenvalue weighted by Gasteiger charge is -2.32. The molecule has 0 bridgehead atoms. The normalized spacial score (nSPS) is 18.2. The average molecular weight is 421 g/mol. The Bertz CT molecular complexity index is 1130. The second kappa shape index (κ2) is 7.87. The lowest BCUT2D eigenvalue weighted by atomic mass is 9.87. The largest absolute Gasteiger partial charge is 0.341 e. The van der Waals surface area contributed by atoms with Gasteiger partial charge in [0.15, 0.2) is 10.9 Å². The van der Waals surface area contributed by atoms with Crippen LogP contribution in [0, 0.1) is 5.92 Å². The van der Waals surface area contributed by atoms with Crippen LogP contribution in [0.5, 0.6) is 0 Å². The zero-order valence-electron chi connectivity index (χ0n) is 17.0. The monoisotopic (exact) mass is 420 g/mol. The van der Waals surface area contributed by atoms with Crippen LogP contribution in [0.15, 0.2) is 41.8 Å². The number of carbonyl (C=O) groups excluding carboxylic acids is 2. The molecule has 154 valence electrons. The molecular formula is C23H24N4O2S. The van der Waals surface area contributed by atoms with Crippen molar-refractivity contribution in [1.29, 1.82) is 0 Å². The first-order chi connectivity index (χ1) is 14.6. The molecule has 1 fully saturated rings. The molecule has 5 rings (SSSR count). The summed E-state index contributed by atoms with van der Waals surface area (Å²) < 4.78 is 1.80. The molecular weight excluding hydrogens is 396 g/mol. The van der Waals surface area contributed by atoms with E-state index in [4.69, 9.17) is 0 Å². The molecule has 1 amide bonds. The Kier molecular flexibility index (Phi) is 5.06. The Balaban J connectivity index is 1.32. The van der Waals surface area contributed by atoms with Crippen molar-refractivity contribution in [3.8, 4) is 0 Å². The Hall–Kier alpha value is -2.67. The molecule has 1 saturated heterocycles. The predicted octanol–water partition coefficient (Wildman–Crippen LogP) is 3.28. The van der Waals surface area contributed by atoms with E-state index in [2.05, 4.69) is 34.5 Å². The van der Waals surface area contributed by atoms with E-state index >= 15 is 0 Å². The van der Waals surface area contributed by atoms with Gasteiger partial charge in [0.05, 0.1) is 5.75 Å². The van der Waals surface area contributed by atoms with E-state index < -0.39 is 0 Å². The van der Waals surface area contributed by atoms with E-state index in [1.807, 2.05) is 18.0 Å². The number of piperidine rings is 1. The van der Waals surface area contributed by atoms with Crippen molar-refractivity contribution < 1.29 is 9.59 Å². The molecule has 2 aromatic carbocycles. The van der Waals surface area contributed by atoms with Gasteiger partial charge in [-0.05, 0) is 47.6 Å². The van der Waals surface area contributed by atoms with Crippen LogP contribution < -0.4 is 0 Å². The standard InChI is InChI=1S/C23H24N4O2S/c1-26-14-24-25-23(26)30-13-20(28)27-11-3-5-17(12-27)22(29)19-10-9-16-8-7-15-4-2-6-18(19)21(15)16/h2,4,6,9-10,14,17H,3,5,7-8,11-13H2,1H3/t17-/m0/s1. The summed E-state index contributed by atoms with van der Waals surface area (Å²) in [5, 5.41) is 10.9. The van der Waals surface area contributed by atoms with Gasteiger partial charge in [0.2, 0.25) is 5.91 Å². The number of nitrogens with zero attached hydrogens (tertiary/aromatic N) is 4. The van der Waals surface area contributed by atoms with Crippen molar-refractivity contribution in [2.75, 3.05) is 18.8 Å². The van der Waals surface area contributed by atoms with Gasteiger partial charge in [-0.3, -0.25) is 9.59 Å². The van der Waals surface area contributed by atoms with E-state index in [0.717, 1.165) is 41.8 Å². The number of amides is 1. The van der Waals surface area contributed by atoms with Crippen molar-refractivity contribution in [2.24, 2.45) is 13.0 Å². The summed E-state index contributed by atoms with van der Waals surface area (Å²) in [6.45, 7) is 1.21. The highest BCUT2D eigenvalue weighted by molar-refractivity contribution is 7.99. The van der Waals surface area contributed by atoms with Crippen LogP contribution in [-0.4, -0.2) is 50.2 Å². The Morgan fingerprint density at radius 1 is 1.17 bits per heavy atom. The summed E-state index contributed by atoms with van der Waals surface area (Å²) in [5.74, 6) is 0.403. The summed E-state index contributed by atoms with van der Waals surface area (Å²) in [5.41, 5.74) is 3.50. The van der Waals surface area contributed by atoms with Crippen LogP contribution in [0.25, 0.3) is 10.8 Å². The second-order valence-corrected chi connectivity index (χ2v) is 9.11. The lowest BCUT2D eigenvalue weighted by Crippen LogP contribution is -2.43. The van der Waals surface area contributed by atoms with E-state index in [0.29, 0.717) is 18.8 Å². The zero-order chi connectivity index (χ0) is 20.7. The van der Waals surface area contributed by atoms with Crippen molar-refractivity contribution in [1.82, 2.24) is 19.7 Å². The first-order valence-corrected chi connectivity index (χ1v) is 11.4. The van der Waals surface area contributed by atoms with Crippen LogP contribution in [-0.2, 0) is 24.7 Å². The molecule has 1 aliphatic heterocycles. The number of likely N-dealkylation sites (tertiary alicyclic amines) is 1. The molecule has 3 aromatic rings. The fourth-order valence-electron chi connectivity index (χ4n) is 4.72. The summed E-state index contributed by atoms with van der Waals surface area (Å²) in [6, 6.07) is 10.4. The Morgan fingerprint density at radius 3 is 2.80 bits per heavy atom. The summed E-state index contributed by atoms with van der Waals surface area (Å²) >= 11 is 1.39. The first kappa shape index (κ1) is 19.3. The molecule has 0 saturated carbocycles. The molecule has 0 radical (unpaired) electrons. The van der Waals surface area contributed by atoms with Gasteiger partial charge < -0.3 is 9.47 Å². The topological polar surface area (TPSA) is 68.1 Å². The minimum atomic E-state index is -0.138. The fourth-order valence-corrected chi connectivity index (χ4v) is 5.51. The highest BCUT2D eigenvalue weighted by Crippen LogP contribution is 2.34. The highest BCUT2D eigenvalue weighted by atomic mass is 32.2. The number of aryl methyl sites for hydroxylation is 3. The minimum Gasteiger partial charge on any atom is -0.341 e. The maximum Gasteiger partial charge on any atom is 0.233 e. The van der Waals surface area contributed by atoms with Crippen LogP contribution in [0.4, 0.5) is 0 Å². The molecule has 30 heavy (non-hydrogen) atoms. The molecule has 0 unspecified atom stereocenters. The van der Waals surface area contributed by atoms with Gasteiger partial charge in [0, 0.05) is 31.6 Å². The van der Waals surface area contributed by atoms with Gasteiger partial charge in [-0.1, -0.05) is 42.1 Å². The number of Topliss-reactive ketones (excluding diaryl/α,β-unsaturated/α-hetero) is 1. The van der Waals surface area contributed by atoms with E-state index in [1.54, 1.807) is 10.9 Å². The van der Waals surface area contributed by atoms with Crippen molar-refractivity contribution >= 4 is 34.2 Å². The quantitative estimate of drug-likeness (QED) is 0.468. The molecule has 2 aliphatic rings. The third kappa shape index (κ3) is 3.41. The van der Waals surface area contributed by atoms with Gasteiger partial charge >= 0.3 is 0 Å². The highest BCUT2D eigenvalue weighted by Gasteiger charge is 2.30. The summed E-state index contributed by atoms with van der Waals surface area (Å²) in [7, 11) is 1.86. The van der Waals surface area contributed by atoms with Crippen LogP contribution in [0.2, 0.25) is 0 Å². The molecule has 1 aromatic heterocycles. The number of hydrogen-bond donors (Lipinski definition) is 0. The first-order valence-electron chi connectivity index (χ1n) is 10.4. The van der Waals surface area contributed by atoms with Gasteiger partial charge in [-0.15, -0.1) is 10.2 Å². The van der Waals surface area contributed by atoms with Crippen molar-refractivity contribution in [3.63, 3.8) is 0 Å². The molecule has 1 atom stereocenters. The third-order valence-corrected chi connectivity index (χ3v) is 7.30. The SMILES string of the molecule is Cn1cnnc1SCC(=O)N1CCC[C@H](C(=O)c2ccc3c4c(cccc24)CC3)C1. The second-order valence-electron chi connectivity index (χ2n) is 8.17. The van der Waals surface area contributed by atoms with Crippen molar-refractivity contribution in [2.45, 2.75) is 30.8 Å². The number of thioether (sulfide) groups is 1. The minimum absolute atomic E-state index is 0.0564. The number of hydrogen-bond acceptors (Lipinski definition) is 5. The van der Waals surface area contributed by atoms with Gasteiger partial charge in [-0.2, -0.15) is 0 Å². The zero-order valence-corrected chi connectivity index (χ0v) is 17.8. The fraction of sp³-hybridized carbons (Fsp3) is 0.391. The Morgan fingerprint density at radius 2 is 2.00 bits per heavy atom. The molecule has 0 spiro atoms. The summed E-state index contributed by atoms with van der Waals surface area (Å²) in [4.78, 5) is 28.0. The predicted molar refractivity (Wildman–Crippen MR) is 117 cm³/mol. The molecule has 7 heteroatoms. The van der Waals surface area contributed by atoms with Gasteiger partial charge in [0.25, 0.3) is 0 Å². The molecule has 2 heterocycles. The van der Waals surface area contributed by atoms with Gasteiger partial charge in [-0.25, -0.2) is 0 Å². The molecule has 6 nitrogen and oxygen atoms in total. The maximum absolute atomic E-state index is 13.4. The third-order valence-electron chi connectivity index (χ3n) is 6.28. The van der Waals surface area contributed by atoms with E-state index in [1.165, 1.54) is 28.3 Å². The number of carbonyl (C=O) groups is 2. The summed E-state index contributed by atoms with van der Waals surface area (Å²) in [6.07, 6.45) is 5.43. The molecule has 1 aliphatic carbocycles. The molecule has 0 N–H and O–H groups in total. The van der Waals surface area contributed by atoms with E-state index in [9.17, 15) is 9.59 Å². The van der Waals surface area contributed by atoms with Crippen molar-refractivity contribution in [3.05, 3.63) is 53.3 Å². The van der Waals surface area contributed by atoms with E-state index in [-0.39, 0.29) is 17.6 Å². The van der Waals surface area contributed by atoms with Crippen LogP contribution in [0.3, 0.4) is 0 Å². The number of benzene rings is 2. The van der Waals surface area contributed by atoms with Crippen LogP contribution in [0.1, 0.15) is 34.3 Å². The smallest absolute Gasteiger partial charge is 0.233 e. The number of ketones is 1. The Labute approximate surface area is 179 Å². The number of aromatic nitrogens is 3. The average Bonchev–Trinajstić information content (AvgIpc) is 3.39. The lowest BCUT2D eigenvalue weighted by molar-refractivity contribution is -0.129. The van der Waals surface area contributed by atoms with Gasteiger partial charge in [0.1, 0.15) is 6.33 Å². The van der Waals surface area contributed by atoms with Crippen LogP contribution >= 0.6 is 11.8 Å². The number of rotatable bonds is 5.